The fourth-order valence-electron chi connectivity index (χ4n) is 2.39. The van der Waals surface area contributed by atoms with Gasteiger partial charge in [0.1, 0.15) is 0 Å². The summed E-state index contributed by atoms with van der Waals surface area (Å²) in [6.45, 7) is 3.82. The standard InChI is InChI=1S/C20H22N2O4/c1-3-5-6-19(21-26-20(23)4-2)17-9-7-15(8-10-17)16-11-13-18(14-12-16)22(24)25/h7-14H,3-6H2,1-2H3/b21-19+. The minimum absolute atomic E-state index is 0.0668. The molecule has 0 spiro atoms. The lowest BCUT2D eigenvalue weighted by Gasteiger charge is -2.07. The third-order valence-corrected chi connectivity index (χ3v) is 3.94. The van der Waals surface area contributed by atoms with Gasteiger partial charge in [-0.3, -0.25) is 10.1 Å². The molecule has 0 fully saturated rings. The molecule has 0 aliphatic rings. The number of nitrogens with zero attached hydrogens (tertiary/aromatic N) is 2. The van der Waals surface area contributed by atoms with Crippen LogP contribution in [0.25, 0.3) is 11.1 Å². The van der Waals surface area contributed by atoms with Crippen molar-refractivity contribution in [1.82, 2.24) is 0 Å². The minimum Gasteiger partial charge on any atom is -0.318 e. The van der Waals surface area contributed by atoms with Crippen LogP contribution in [0.15, 0.2) is 53.7 Å². The maximum atomic E-state index is 11.4. The second-order valence-corrected chi connectivity index (χ2v) is 5.84. The summed E-state index contributed by atoms with van der Waals surface area (Å²) in [7, 11) is 0. The van der Waals surface area contributed by atoms with Crippen molar-refractivity contribution in [2.45, 2.75) is 39.5 Å². The highest BCUT2D eigenvalue weighted by Crippen LogP contribution is 2.23. The molecule has 0 unspecified atom stereocenters. The number of hydrogen-bond acceptors (Lipinski definition) is 5. The topological polar surface area (TPSA) is 81.8 Å². The number of unbranched alkanes of at least 4 members (excludes halogenated alkanes) is 1. The number of hydrogen-bond donors (Lipinski definition) is 0. The van der Waals surface area contributed by atoms with Crippen LogP contribution in [0.3, 0.4) is 0 Å². The Hall–Kier alpha value is -3.02. The Morgan fingerprint density at radius 2 is 1.62 bits per heavy atom. The molecule has 0 heterocycles. The Morgan fingerprint density at radius 1 is 1.04 bits per heavy atom. The molecular formula is C20H22N2O4. The number of benzene rings is 2. The maximum Gasteiger partial charge on any atom is 0.334 e. The van der Waals surface area contributed by atoms with E-state index in [2.05, 4.69) is 12.1 Å². The lowest BCUT2D eigenvalue weighted by atomic mass is 10.00. The fraction of sp³-hybridized carbons (Fsp3) is 0.300. The van der Waals surface area contributed by atoms with E-state index in [1.54, 1.807) is 19.1 Å². The predicted octanol–water partition coefficient (Wildman–Crippen LogP) is 5.11. The third kappa shape index (κ3) is 5.24. The van der Waals surface area contributed by atoms with E-state index in [-0.39, 0.29) is 18.1 Å². The Morgan fingerprint density at radius 3 is 2.12 bits per heavy atom. The van der Waals surface area contributed by atoms with Gasteiger partial charge in [0.25, 0.3) is 5.69 Å². The van der Waals surface area contributed by atoms with Crippen molar-refractivity contribution in [2.24, 2.45) is 5.16 Å². The monoisotopic (exact) mass is 354 g/mol. The number of oxime groups is 1. The van der Waals surface area contributed by atoms with Crippen molar-refractivity contribution in [2.75, 3.05) is 0 Å². The Labute approximate surface area is 152 Å². The number of carbonyl (C=O) groups is 1. The van der Waals surface area contributed by atoms with Gasteiger partial charge in [-0.1, -0.05) is 49.7 Å². The molecule has 2 rings (SSSR count). The van der Waals surface area contributed by atoms with Crippen LogP contribution in [0.4, 0.5) is 5.69 Å². The molecule has 0 aromatic heterocycles. The molecule has 26 heavy (non-hydrogen) atoms. The van der Waals surface area contributed by atoms with Gasteiger partial charge in [0.15, 0.2) is 0 Å². The number of non-ortho nitro benzene ring substituents is 1. The molecular weight excluding hydrogens is 332 g/mol. The minimum atomic E-state index is -0.416. The molecule has 6 nitrogen and oxygen atoms in total. The van der Waals surface area contributed by atoms with Crippen molar-refractivity contribution >= 4 is 17.4 Å². The second-order valence-electron chi connectivity index (χ2n) is 5.84. The zero-order valence-corrected chi connectivity index (χ0v) is 15.0. The van der Waals surface area contributed by atoms with Gasteiger partial charge < -0.3 is 4.84 Å². The van der Waals surface area contributed by atoms with E-state index < -0.39 is 4.92 Å². The van der Waals surface area contributed by atoms with Crippen LogP contribution in [-0.2, 0) is 9.63 Å². The van der Waals surface area contributed by atoms with Crippen LogP contribution in [0.2, 0.25) is 0 Å². The van der Waals surface area contributed by atoms with E-state index in [4.69, 9.17) is 4.84 Å². The molecule has 0 saturated carbocycles. The molecule has 136 valence electrons. The Kier molecular flexibility index (Phi) is 7.02. The zero-order chi connectivity index (χ0) is 18.9. The molecule has 2 aromatic carbocycles. The molecule has 0 aliphatic carbocycles. The Balaban J connectivity index is 2.21. The fourth-order valence-corrected chi connectivity index (χ4v) is 2.39. The van der Waals surface area contributed by atoms with E-state index in [1.165, 1.54) is 12.1 Å². The molecule has 2 aromatic rings. The van der Waals surface area contributed by atoms with Crippen LogP contribution in [-0.4, -0.2) is 16.6 Å². The van der Waals surface area contributed by atoms with Crippen molar-refractivity contribution in [3.63, 3.8) is 0 Å². The van der Waals surface area contributed by atoms with Gasteiger partial charge in [-0.05, 0) is 41.7 Å². The molecule has 0 atom stereocenters. The van der Waals surface area contributed by atoms with Gasteiger partial charge in [-0.2, -0.15) is 0 Å². The molecule has 0 radical (unpaired) electrons. The summed E-state index contributed by atoms with van der Waals surface area (Å²) < 4.78 is 0. The highest BCUT2D eigenvalue weighted by molar-refractivity contribution is 6.00. The number of nitro benzene ring substituents is 1. The Bertz CT molecular complexity index is 780. The van der Waals surface area contributed by atoms with Crippen molar-refractivity contribution in [3.05, 3.63) is 64.2 Å². The highest BCUT2D eigenvalue weighted by atomic mass is 16.7. The summed E-state index contributed by atoms with van der Waals surface area (Å²) in [6, 6.07) is 14.1. The van der Waals surface area contributed by atoms with E-state index in [0.717, 1.165) is 41.7 Å². The molecule has 0 amide bonds. The van der Waals surface area contributed by atoms with Crippen molar-refractivity contribution in [1.29, 1.82) is 0 Å². The van der Waals surface area contributed by atoms with Gasteiger partial charge in [0.05, 0.1) is 10.6 Å². The van der Waals surface area contributed by atoms with Crippen molar-refractivity contribution in [3.8, 4) is 11.1 Å². The molecule has 0 aliphatic heterocycles. The summed E-state index contributed by atoms with van der Waals surface area (Å²) in [5.74, 6) is -0.360. The van der Waals surface area contributed by atoms with Gasteiger partial charge in [0.2, 0.25) is 0 Å². The average Bonchev–Trinajstić information content (AvgIpc) is 2.68. The van der Waals surface area contributed by atoms with E-state index in [9.17, 15) is 14.9 Å². The van der Waals surface area contributed by atoms with Crippen molar-refractivity contribution < 1.29 is 14.6 Å². The van der Waals surface area contributed by atoms with Gasteiger partial charge >= 0.3 is 5.97 Å². The SMILES string of the molecule is CCCC/C(=N\OC(=O)CC)c1ccc(-c2ccc([N+](=O)[O-])cc2)cc1. The molecule has 6 heteroatoms. The van der Waals surface area contributed by atoms with Crippen LogP contribution in [0.1, 0.15) is 45.1 Å². The van der Waals surface area contributed by atoms with Crippen LogP contribution in [0, 0.1) is 10.1 Å². The molecule has 0 saturated heterocycles. The van der Waals surface area contributed by atoms with E-state index in [0.29, 0.717) is 0 Å². The number of nitro groups is 1. The summed E-state index contributed by atoms with van der Waals surface area (Å²) >= 11 is 0. The third-order valence-electron chi connectivity index (χ3n) is 3.94. The lowest BCUT2D eigenvalue weighted by Crippen LogP contribution is -2.05. The van der Waals surface area contributed by atoms with Crippen LogP contribution in [0.5, 0.6) is 0 Å². The summed E-state index contributed by atoms with van der Waals surface area (Å²) in [5, 5.41) is 14.8. The first kappa shape index (κ1) is 19.3. The number of carbonyl (C=O) groups excluding carboxylic acids is 1. The normalized spacial score (nSPS) is 11.2. The van der Waals surface area contributed by atoms with Gasteiger partial charge in [0, 0.05) is 18.6 Å². The molecule has 0 bridgehead atoms. The average molecular weight is 354 g/mol. The van der Waals surface area contributed by atoms with Gasteiger partial charge in [-0.25, -0.2) is 4.79 Å². The van der Waals surface area contributed by atoms with Crippen LogP contribution < -0.4 is 0 Å². The summed E-state index contributed by atoms with van der Waals surface area (Å²) in [4.78, 5) is 26.6. The van der Waals surface area contributed by atoms with Gasteiger partial charge in [-0.15, -0.1) is 0 Å². The zero-order valence-electron chi connectivity index (χ0n) is 15.0. The molecule has 0 N–H and O–H groups in total. The summed E-state index contributed by atoms with van der Waals surface area (Å²) in [5.41, 5.74) is 3.55. The maximum absolute atomic E-state index is 11.4. The number of rotatable bonds is 8. The quantitative estimate of drug-likeness (QED) is 0.285. The first-order valence-corrected chi connectivity index (χ1v) is 8.67. The predicted molar refractivity (Wildman–Crippen MR) is 101 cm³/mol. The lowest BCUT2D eigenvalue weighted by molar-refractivity contribution is -0.384. The van der Waals surface area contributed by atoms with Crippen LogP contribution >= 0.6 is 0 Å². The largest absolute Gasteiger partial charge is 0.334 e. The van der Waals surface area contributed by atoms with E-state index >= 15 is 0 Å². The first-order valence-electron chi connectivity index (χ1n) is 8.67. The summed E-state index contributed by atoms with van der Waals surface area (Å²) in [6.07, 6.45) is 2.97. The highest BCUT2D eigenvalue weighted by Gasteiger charge is 2.08. The smallest absolute Gasteiger partial charge is 0.318 e. The second kappa shape index (κ2) is 9.46. The first-order chi connectivity index (χ1) is 12.5. The van der Waals surface area contributed by atoms with E-state index in [1.807, 2.05) is 24.3 Å².